The van der Waals surface area contributed by atoms with Crippen LogP contribution in [0.25, 0.3) is 11.2 Å². The van der Waals surface area contributed by atoms with Gasteiger partial charge in [-0.15, -0.1) is 0 Å². The Morgan fingerprint density at radius 2 is 2.11 bits per heavy atom. The Balaban J connectivity index is 2.05. The van der Waals surface area contributed by atoms with Gasteiger partial charge in [0.25, 0.3) is 0 Å². The summed E-state index contributed by atoms with van der Waals surface area (Å²) in [5.41, 5.74) is 7.01. The molecule has 0 aliphatic heterocycles. The van der Waals surface area contributed by atoms with Crippen LogP contribution >= 0.6 is 26.0 Å². The Kier molecular flexibility index (Phi) is 4.32. The van der Waals surface area contributed by atoms with Crippen LogP contribution in [0.2, 0.25) is 0 Å². The van der Waals surface area contributed by atoms with E-state index in [0.29, 0.717) is 22.5 Å². The van der Waals surface area contributed by atoms with E-state index in [4.69, 9.17) is 10.5 Å². The predicted molar refractivity (Wildman–Crippen MR) is 83.6 cm³/mol. The smallest absolute Gasteiger partial charge is 0.223 e. The number of rotatable bonds is 5. The highest BCUT2D eigenvalue weighted by molar-refractivity contribution is 9.10. The average molecular weight is 348 g/mol. The highest BCUT2D eigenvalue weighted by Crippen LogP contribution is 2.33. The molecule has 0 aliphatic rings. The number of nitrogens with zero attached hydrogens (tertiary/aromatic N) is 4. The van der Waals surface area contributed by atoms with Gasteiger partial charge in [0.15, 0.2) is 5.65 Å². The standard InChI is InChI=1S/C11H18BrN5OS/c1-19(2,3)5-4-18-7-17-6-14-8-9(12)15-11(13)16-10(8)17/h6H,4-5,7H2,1-3H3,(H2,13,15,16). The molecule has 0 spiro atoms. The Morgan fingerprint density at radius 3 is 2.79 bits per heavy atom. The van der Waals surface area contributed by atoms with Gasteiger partial charge in [0, 0.05) is 5.75 Å². The molecule has 0 saturated heterocycles. The minimum Gasteiger partial charge on any atom is -0.368 e. The molecule has 0 bridgehead atoms. The van der Waals surface area contributed by atoms with Gasteiger partial charge < -0.3 is 10.5 Å². The number of hydrogen-bond acceptors (Lipinski definition) is 5. The van der Waals surface area contributed by atoms with E-state index >= 15 is 0 Å². The van der Waals surface area contributed by atoms with Gasteiger partial charge in [0.2, 0.25) is 5.95 Å². The molecule has 0 amide bonds. The van der Waals surface area contributed by atoms with Crippen molar-refractivity contribution in [2.24, 2.45) is 0 Å². The summed E-state index contributed by atoms with van der Waals surface area (Å²) in [4.78, 5) is 12.4. The summed E-state index contributed by atoms with van der Waals surface area (Å²) in [6.07, 6.45) is 8.50. The molecular weight excluding hydrogens is 330 g/mol. The molecule has 8 heteroatoms. The molecule has 2 rings (SSSR count). The molecule has 0 unspecified atom stereocenters. The molecule has 0 radical (unpaired) electrons. The molecule has 2 aromatic heterocycles. The lowest BCUT2D eigenvalue weighted by atomic mass is 10.5. The fourth-order valence-corrected chi connectivity index (χ4v) is 2.57. The summed E-state index contributed by atoms with van der Waals surface area (Å²) >= 11 is 3.32. The van der Waals surface area contributed by atoms with Gasteiger partial charge in [-0.05, 0) is 34.7 Å². The maximum Gasteiger partial charge on any atom is 0.223 e. The van der Waals surface area contributed by atoms with Gasteiger partial charge in [-0.25, -0.2) is 20.0 Å². The van der Waals surface area contributed by atoms with E-state index in [2.05, 4.69) is 49.6 Å². The quantitative estimate of drug-likeness (QED) is 0.659. The zero-order valence-corrected chi connectivity index (χ0v) is 13.7. The lowest BCUT2D eigenvalue weighted by molar-refractivity contribution is 0.0920. The zero-order valence-electron chi connectivity index (χ0n) is 11.3. The third kappa shape index (κ3) is 3.80. The van der Waals surface area contributed by atoms with Crippen LogP contribution in [0.5, 0.6) is 0 Å². The summed E-state index contributed by atoms with van der Waals surface area (Å²) in [7, 11) is -0.524. The van der Waals surface area contributed by atoms with Crippen LogP contribution in [-0.4, -0.2) is 50.6 Å². The van der Waals surface area contributed by atoms with Crippen molar-refractivity contribution < 1.29 is 4.74 Å². The van der Waals surface area contributed by atoms with Crippen molar-refractivity contribution in [1.29, 1.82) is 0 Å². The van der Waals surface area contributed by atoms with Crippen molar-refractivity contribution in [3.63, 3.8) is 0 Å². The molecule has 0 aromatic carbocycles. The highest BCUT2D eigenvalue weighted by Gasteiger charge is 2.10. The third-order valence-electron chi connectivity index (χ3n) is 2.51. The minimum absolute atomic E-state index is 0.222. The maximum atomic E-state index is 5.67. The topological polar surface area (TPSA) is 78.8 Å². The molecule has 6 nitrogen and oxygen atoms in total. The fraction of sp³-hybridized carbons (Fsp3) is 0.545. The van der Waals surface area contributed by atoms with Crippen molar-refractivity contribution in [2.45, 2.75) is 6.73 Å². The lowest BCUT2D eigenvalue weighted by Crippen LogP contribution is -2.10. The summed E-state index contributed by atoms with van der Waals surface area (Å²) in [5.74, 6) is 1.31. The number of nitrogen functional groups attached to an aromatic ring is 1. The first kappa shape index (κ1) is 14.5. The predicted octanol–water partition coefficient (Wildman–Crippen LogP) is 1.84. The molecule has 2 heterocycles. The lowest BCUT2D eigenvalue weighted by Gasteiger charge is -2.24. The number of aromatic nitrogens is 4. The summed E-state index contributed by atoms with van der Waals surface area (Å²) < 4.78 is 8.10. The summed E-state index contributed by atoms with van der Waals surface area (Å²) in [6.45, 7) is 1.16. The molecule has 0 aliphatic carbocycles. The molecule has 0 fully saturated rings. The van der Waals surface area contributed by atoms with E-state index < -0.39 is 10.0 Å². The molecule has 0 atom stereocenters. The van der Waals surface area contributed by atoms with Gasteiger partial charge in [-0.1, -0.05) is 0 Å². The third-order valence-corrected chi connectivity index (χ3v) is 4.45. The van der Waals surface area contributed by atoms with Crippen LogP contribution in [0, 0.1) is 0 Å². The molecule has 106 valence electrons. The van der Waals surface area contributed by atoms with Crippen LogP contribution in [-0.2, 0) is 11.5 Å². The fourth-order valence-electron chi connectivity index (χ4n) is 1.49. The maximum absolute atomic E-state index is 5.67. The van der Waals surface area contributed by atoms with Crippen LogP contribution in [0.1, 0.15) is 0 Å². The number of ether oxygens (including phenoxy) is 1. The normalized spacial score (nSPS) is 13.1. The van der Waals surface area contributed by atoms with E-state index in [9.17, 15) is 0 Å². The monoisotopic (exact) mass is 347 g/mol. The number of hydrogen-bond donors (Lipinski definition) is 1. The highest BCUT2D eigenvalue weighted by atomic mass is 79.9. The largest absolute Gasteiger partial charge is 0.368 e. The van der Waals surface area contributed by atoms with E-state index in [0.717, 1.165) is 12.4 Å². The second-order valence-electron chi connectivity index (χ2n) is 5.09. The minimum atomic E-state index is -0.524. The van der Waals surface area contributed by atoms with Crippen LogP contribution in [0.4, 0.5) is 5.95 Å². The zero-order chi connectivity index (χ0) is 14.0. The Labute approximate surface area is 122 Å². The van der Waals surface area contributed by atoms with Crippen molar-refractivity contribution >= 4 is 43.1 Å². The van der Waals surface area contributed by atoms with Crippen LogP contribution < -0.4 is 5.73 Å². The van der Waals surface area contributed by atoms with E-state index in [1.165, 1.54) is 0 Å². The summed E-state index contributed by atoms with van der Waals surface area (Å²) in [5, 5.41) is 0. The van der Waals surface area contributed by atoms with Gasteiger partial charge in [-0.2, -0.15) is 4.98 Å². The second kappa shape index (κ2) is 5.64. The Hall–Kier alpha value is -0.860. The molecule has 19 heavy (non-hydrogen) atoms. The van der Waals surface area contributed by atoms with Crippen LogP contribution in [0.3, 0.4) is 0 Å². The Morgan fingerprint density at radius 1 is 1.37 bits per heavy atom. The number of fused-ring (bicyclic) bond motifs is 1. The summed E-state index contributed by atoms with van der Waals surface area (Å²) in [6, 6.07) is 0. The Bertz CT molecular complexity index is 580. The molecule has 2 aromatic rings. The number of nitrogens with two attached hydrogens (primary N) is 1. The molecule has 0 saturated carbocycles. The van der Waals surface area contributed by atoms with E-state index in [1.54, 1.807) is 6.33 Å². The van der Waals surface area contributed by atoms with Gasteiger partial charge in [-0.3, -0.25) is 4.57 Å². The van der Waals surface area contributed by atoms with Gasteiger partial charge in [0.1, 0.15) is 16.9 Å². The van der Waals surface area contributed by atoms with Gasteiger partial charge in [0.05, 0.1) is 12.9 Å². The van der Waals surface area contributed by atoms with Crippen molar-refractivity contribution in [1.82, 2.24) is 19.5 Å². The SMILES string of the molecule is CS(C)(C)CCOCn1cnc2c(Br)nc(N)nc21. The molecule has 2 N–H and O–H groups in total. The van der Waals surface area contributed by atoms with E-state index in [1.807, 2.05) is 4.57 Å². The van der Waals surface area contributed by atoms with Crippen molar-refractivity contribution in [3.8, 4) is 0 Å². The van der Waals surface area contributed by atoms with E-state index in [-0.39, 0.29) is 5.95 Å². The first-order valence-corrected chi connectivity index (χ1v) is 9.56. The average Bonchev–Trinajstić information content (AvgIpc) is 2.66. The molecular formula is C11H18BrN5OS. The van der Waals surface area contributed by atoms with Crippen molar-refractivity contribution in [3.05, 3.63) is 10.9 Å². The van der Waals surface area contributed by atoms with Gasteiger partial charge >= 0.3 is 0 Å². The second-order valence-corrected chi connectivity index (χ2v) is 10.4. The van der Waals surface area contributed by atoms with Crippen molar-refractivity contribution in [2.75, 3.05) is 36.9 Å². The number of halogens is 1. The number of imidazole rings is 1. The number of anilines is 1. The first-order chi connectivity index (χ1) is 8.87. The van der Waals surface area contributed by atoms with Crippen LogP contribution in [0.15, 0.2) is 10.9 Å². The first-order valence-electron chi connectivity index (χ1n) is 5.74.